The zero-order valence-electron chi connectivity index (χ0n) is 43.6. The first-order valence-corrected chi connectivity index (χ1v) is 27.7. The quantitative estimate of drug-likeness (QED) is 0.0262. The maximum atomic E-state index is 12.8. The Bertz CT molecular complexity index is 1350. The van der Waals surface area contributed by atoms with E-state index in [0.29, 0.717) is 19.3 Å². The van der Waals surface area contributed by atoms with E-state index in [4.69, 9.17) is 14.2 Å². The predicted octanol–water partition coefficient (Wildman–Crippen LogP) is 18.5. The lowest BCUT2D eigenvalue weighted by Gasteiger charge is -2.18. The van der Waals surface area contributed by atoms with Gasteiger partial charge in [-0.3, -0.25) is 14.4 Å². The van der Waals surface area contributed by atoms with Crippen LogP contribution in [0.4, 0.5) is 0 Å². The van der Waals surface area contributed by atoms with E-state index in [1.807, 2.05) is 0 Å². The van der Waals surface area contributed by atoms with Gasteiger partial charge in [-0.1, -0.05) is 234 Å². The van der Waals surface area contributed by atoms with Crippen LogP contribution in [0.3, 0.4) is 0 Å². The van der Waals surface area contributed by atoms with Crippen molar-refractivity contribution in [1.29, 1.82) is 0 Å². The van der Waals surface area contributed by atoms with Crippen molar-refractivity contribution >= 4 is 17.9 Å². The van der Waals surface area contributed by atoms with Crippen molar-refractivity contribution in [2.45, 2.75) is 258 Å². The molecule has 0 fully saturated rings. The Morgan fingerprint density at radius 1 is 0.313 bits per heavy atom. The summed E-state index contributed by atoms with van der Waals surface area (Å²) in [4.78, 5) is 38.0. The molecule has 0 saturated heterocycles. The first-order valence-electron chi connectivity index (χ1n) is 27.7. The molecule has 0 spiro atoms. The number of allylic oxidation sites excluding steroid dienone is 16. The molecular weight excluding hydrogens is 829 g/mol. The van der Waals surface area contributed by atoms with E-state index in [2.05, 4.69) is 118 Å². The minimum atomic E-state index is -0.802. The molecule has 382 valence electrons. The molecule has 1 atom stereocenters. The fourth-order valence-corrected chi connectivity index (χ4v) is 7.43. The molecule has 0 aliphatic rings. The zero-order chi connectivity index (χ0) is 48.6. The second-order valence-corrected chi connectivity index (χ2v) is 18.1. The minimum absolute atomic E-state index is 0.0987. The topological polar surface area (TPSA) is 78.9 Å². The van der Waals surface area contributed by atoms with E-state index < -0.39 is 6.10 Å². The van der Waals surface area contributed by atoms with Crippen LogP contribution in [-0.2, 0) is 28.6 Å². The number of carbonyl (C=O) groups excluding carboxylic acids is 3. The first kappa shape index (κ1) is 63.3. The normalized spacial score (nSPS) is 12.8. The number of hydrogen-bond acceptors (Lipinski definition) is 6. The molecule has 6 nitrogen and oxygen atoms in total. The first-order chi connectivity index (χ1) is 33.0. The molecule has 0 aliphatic carbocycles. The van der Waals surface area contributed by atoms with E-state index in [1.54, 1.807) is 0 Å². The molecular formula is C61H102O6. The van der Waals surface area contributed by atoms with Gasteiger partial charge >= 0.3 is 17.9 Å². The molecule has 1 unspecified atom stereocenters. The Hall–Kier alpha value is -3.67. The lowest BCUT2D eigenvalue weighted by molar-refractivity contribution is -0.167. The maximum absolute atomic E-state index is 12.8. The molecule has 0 aromatic rings. The molecule has 0 amide bonds. The van der Waals surface area contributed by atoms with E-state index in [9.17, 15) is 14.4 Å². The van der Waals surface area contributed by atoms with Crippen LogP contribution in [0.25, 0.3) is 0 Å². The number of esters is 3. The smallest absolute Gasteiger partial charge is 0.306 e. The van der Waals surface area contributed by atoms with Crippen LogP contribution in [-0.4, -0.2) is 37.2 Å². The van der Waals surface area contributed by atoms with Crippen LogP contribution in [0.5, 0.6) is 0 Å². The second kappa shape index (κ2) is 54.9. The van der Waals surface area contributed by atoms with Gasteiger partial charge in [-0.25, -0.2) is 0 Å². The highest BCUT2D eigenvalue weighted by molar-refractivity contribution is 5.71. The maximum Gasteiger partial charge on any atom is 0.306 e. The number of carbonyl (C=O) groups is 3. The lowest BCUT2D eigenvalue weighted by atomic mass is 10.0. The number of hydrogen-bond donors (Lipinski definition) is 0. The Labute approximate surface area is 413 Å². The van der Waals surface area contributed by atoms with Crippen molar-refractivity contribution in [2.75, 3.05) is 13.2 Å². The van der Waals surface area contributed by atoms with Crippen molar-refractivity contribution < 1.29 is 28.6 Å². The number of rotatable bonds is 49. The van der Waals surface area contributed by atoms with Gasteiger partial charge in [0.2, 0.25) is 0 Å². The molecule has 0 N–H and O–H groups in total. The van der Waals surface area contributed by atoms with E-state index in [1.165, 1.54) is 103 Å². The summed E-state index contributed by atoms with van der Waals surface area (Å²) in [5.41, 5.74) is 0. The number of ether oxygens (including phenoxy) is 3. The fourth-order valence-electron chi connectivity index (χ4n) is 7.43. The van der Waals surface area contributed by atoms with Crippen molar-refractivity contribution in [3.63, 3.8) is 0 Å². The Morgan fingerprint density at radius 3 is 1.01 bits per heavy atom. The molecule has 0 heterocycles. The van der Waals surface area contributed by atoms with Gasteiger partial charge in [0.25, 0.3) is 0 Å². The second-order valence-electron chi connectivity index (χ2n) is 18.1. The van der Waals surface area contributed by atoms with Crippen LogP contribution in [0.2, 0.25) is 0 Å². The summed E-state index contributed by atoms with van der Waals surface area (Å²) in [5, 5.41) is 0. The van der Waals surface area contributed by atoms with Crippen LogP contribution >= 0.6 is 0 Å². The SMILES string of the molecule is CC/C=C\C/C=C\C/C=C\C/C=C\C/C=C\C/C=C\C/C=C\CCCC(=O)OCC(COC(=O)CCCCCCC/C=C\CCCCC)OC(=O)CCCCCCCCCCCCCCCC. The monoisotopic (exact) mass is 931 g/mol. The molecule has 6 heteroatoms. The summed E-state index contributed by atoms with van der Waals surface area (Å²) in [7, 11) is 0. The van der Waals surface area contributed by atoms with Gasteiger partial charge in [0, 0.05) is 19.3 Å². The number of unbranched alkanes of at least 4 members (excludes halogenated alkanes) is 22. The van der Waals surface area contributed by atoms with Gasteiger partial charge in [-0.15, -0.1) is 0 Å². The zero-order valence-corrected chi connectivity index (χ0v) is 43.6. The van der Waals surface area contributed by atoms with Crippen LogP contribution < -0.4 is 0 Å². The summed E-state index contributed by atoms with van der Waals surface area (Å²) in [6, 6.07) is 0. The summed E-state index contributed by atoms with van der Waals surface area (Å²) in [5.74, 6) is -0.967. The third-order valence-corrected chi connectivity index (χ3v) is 11.6. The summed E-state index contributed by atoms with van der Waals surface area (Å²) < 4.78 is 16.8. The van der Waals surface area contributed by atoms with Gasteiger partial charge in [0.15, 0.2) is 6.10 Å². The van der Waals surface area contributed by atoms with Gasteiger partial charge in [-0.2, -0.15) is 0 Å². The molecule has 0 radical (unpaired) electrons. The molecule has 0 rings (SSSR count). The largest absolute Gasteiger partial charge is 0.462 e. The van der Waals surface area contributed by atoms with Crippen LogP contribution in [0, 0.1) is 0 Å². The lowest BCUT2D eigenvalue weighted by Crippen LogP contribution is -2.30. The van der Waals surface area contributed by atoms with E-state index in [0.717, 1.165) is 103 Å². The Kier molecular flexibility index (Phi) is 51.9. The van der Waals surface area contributed by atoms with Gasteiger partial charge in [0.05, 0.1) is 0 Å². The fraction of sp³-hybridized carbons (Fsp3) is 0.689. The van der Waals surface area contributed by atoms with Gasteiger partial charge in [-0.05, 0) is 96.3 Å². The van der Waals surface area contributed by atoms with E-state index >= 15 is 0 Å². The van der Waals surface area contributed by atoms with Crippen molar-refractivity contribution in [3.8, 4) is 0 Å². The average molecular weight is 931 g/mol. The highest BCUT2D eigenvalue weighted by atomic mass is 16.6. The van der Waals surface area contributed by atoms with E-state index in [-0.39, 0.29) is 37.5 Å². The Balaban J connectivity index is 4.45. The molecule has 0 saturated carbocycles. The van der Waals surface area contributed by atoms with Crippen molar-refractivity contribution in [3.05, 3.63) is 97.2 Å². The summed E-state index contributed by atoms with van der Waals surface area (Å²) >= 11 is 0. The van der Waals surface area contributed by atoms with Crippen molar-refractivity contribution in [2.24, 2.45) is 0 Å². The molecule has 0 bridgehead atoms. The summed E-state index contributed by atoms with van der Waals surface area (Å²) in [6.07, 6.45) is 72.6. The average Bonchev–Trinajstić information content (AvgIpc) is 3.33. The highest BCUT2D eigenvalue weighted by Crippen LogP contribution is 2.15. The molecule has 0 aliphatic heterocycles. The molecule has 0 aromatic carbocycles. The molecule has 67 heavy (non-hydrogen) atoms. The third-order valence-electron chi connectivity index (χ3n) is 11.6. The van der Waals surface area contributed by atoms with Gasteiger partial charge in [0.1, 0.15) is 13.2 Å². The minimum Gasteiger partial charge on any atom is -0.462 e. The van der Waals surface area contributed by atoms with Crippen LogP contribution in [0.15, 0.2) is 97.2 Å². The Morgan fingerprint density at radius 2 is 0.597 bits per heavy atom. The summed E-state index contributed by atoms with van der Waals surface area (Å²) in [6.45, 7) is 6.45. The van der Waals surface area contributed by atoms with Crippen molar-refractivity contribution in [1.82, 2.24) is 0 Å². The van der Waals surface area contributed by atoms with Gasteiger partial charge < -0.3 is 14.2 Å². The van der Waals surface area contributed by atoms with Crippen LogP contribution in [0.1, 0.15) is 252 Å². The standard InChI is InChI=1S/C61H102O6/c1-4-7-10-13-16-19-22-25-27-28-29-30-31-32-33-34-35-37-39-42-45-48-51-54-60(63)66-57-58(56-65-59(62)53-50-47-44-41-38-24-21-18-15-12-9-6-3)67-61(64)55-52-49-46-43-40-36-26-23-20-17-14-11-8-5-2/h7,10,16,18-19,21,25,27,29-30,32-33,35,37,42,45,58H,4-6,8-9,11-15,17,20,22-24,26,28,31,34,36,38-41,43-44,46-57H2,1-3H3/b10-7-,19-16-,21-18-,27-25-,30-29-,33-32-,37-35-,45-42-. The highest BCUT2D eigenvalue weighted by Gasteiger charge is 2.19. The molecule has 0 aromatic heterocycles. The predicted molar refractivity (Wildman–Crippen MR) is 288 cm³/mol. The third kappa shape index (κ3) is 53.2.